The molecule has 102 valence electrons. The number of nitrogens with one attached hydrogen (secondary N) is 1. The number of hydrogen-bond donors (Lipinski definition) is 1. The molecular formula is C15H13ClN2O2. The molecule has 1 N–H and O–H groups in total. The van der Waals surface area contributed by atoms with E-state index in [0.717, 1.165) is 16.8 Å². The van der Waals surface area contributed by atoms with Crippen molar-refractivity contribution in [3.05, 3.63) is 74.8 Å². The van der Waals surface area contributed by atoms with Crippen LogP contribution in [0.1, 0.15) is 17.2 Å². The average molecular weight is 289 g/mol. The van der Waals surface area contributed by atoms with Crippen molar-refractivity contribution in [3.63, 3.8) is 0 Å². The predicted octanol–water partition coefficient (Wildman–Crippen LogP) is 3.69. The molecule has 1 aliphatic heterocycles. The minimum absolute atomic E-state index is 0.206. The van der Waals surface area contributed by atoms with E-state index < -0.39 is 6.04 Å². The zero-order valence-electron chi connectivity index (χ0n) is 10.6. The van der Waals surface area contributed by atoms with Crippen molar-refractivity contribution in [2.75, 3.05) is 5.32 Å². The van der Waals surface area contributed by atoms with Crippen LogP contribution in [-0.4, -0.2) is 11.0 Å². The van der Waals surface area contributed by atoms with Gasteiger partial charge in [0.05, 0.1) is 0 Å². The van der Waals surface area contributed by atoms with Crippen molar-refractivity contribution in [2.45, 2.75) is 18.5 Å². The highest BCUT2D eigenvalue weighted by atomic mass is 35.5. The summed E-state index contributed by atoms with van der Waals surface area (Å²) in [6.07, 6.45) is 0.434. The van der Waals surface area contributed by atoms with E-state index in [-0.39, 0.29) is 11.0 Å². The van der Waals surface area contributed by atoms with Gasteiger partial charge in [-0.2, -0.15) is 0 Å². The Bertz CT molecular complexity index is 643. The Morgan fingerprint density at radius 2 is 1.85 bits per heavy atom. The SMILES string of the molecule is O=[N+]([O-])[C@H]1Cc2ccccc2N[C@H]1c1ccc(Cl)cc1. The number of nitro groups is 1. The van der Waals surface area contributed by atoms with Crippen molar-refractivity contribution in [3.8, 4) is 0 Å². The fraction of sp³-hybridized carbons (Fsp3) is 0.200. The Morgan fingerprint density at radius 1 is 1.15 bits per heavy atom. The van der Waals surface area contributed by atoms with E-state index in [1.807, 2.05) is 36.4 Å². The van der Waals surface area contributed by atoms with E-state index in [0.29, 0.717) is 11.4 Å². The number of rotatable bonds is 2. The summed E-state index contributed by atoms with van der Waals surface area (Å²) in [6, 6.07) is 13.9. The van der Waals surface area contributed by atoms with Crippen LogP contribution >= 0.6 is 11.6 Å². The van der Waals surface area contributed by atoms with Crippen LogP contribution in [0.2, 0.25) is 5.02 Å². The summed E-state index contributed by atoms with van der Waals surface area (Å²) < 4.78 is 0. The molecule has 2 aromatic rings. The third kappa shape index (κ3) is 2.34. The third-order valence-electron chi connectivity index (χ3n) is 3.64. The molecule has 5 heteroatoms. The Morgan fingerprint density at radius 3 is 2.55 bits per heavy atom. The van der Waals surface area contributed by atoms with Crippen LogP contribution in [0.3, 0.4) is 0 Å². The molecule has 0 radical (unpaired) electrons. The smallest absolute Gasteiger partial charge is 0.241 e. The second kappa shape index (κ2) is 5.13. The highest BCUT2D eigenvalue weighted by molar-refractivity contribution is 6.30. The van der Waals surface area contributed by atoms with Crippen LogP contribution in [0.25, 0.3) is 0 Å². The first kappa shape index (κ1) is 12.9. The fourth-order valence-electron chi connectivity index (χ4n) is 2.62. The van der Waals surface area contributed by atoms with E-state index >= 15 is 0 Å². The largest absolute Gasteiger partial charge is 0.372 e. The third-order valence-corrected chi connectivity index (χ3v) is 3.89. The van der Waals surface area contributed by atoms with Crippen LogP contribution in [0.4, 0.5) is 5.69 Å². The summed E-state index contributed by atoms with van der Waals surface area (Å²) in [5, 5.41) is 15.3. The number of nitrogens with zero attached hydrogens (tertiary/aromatic N) is 1. The number of para-hydroxylation sites is 1. The van der Waals surface area contributed by atoms with Crippen molar-refractivity contribution in [1.82, 2.24) is 0 Å². The summed E-state index contributed by atoms with van der Waals surface area (Å²) in [5.41, 5.74) is 2.83. The molecule has 20 heavy (non-hydrogen) atoms. The lowest BCUT2D eigenvalue weighted by Crippen LogP contribution is -2.38. The van der Waals surface area contributed by atoms with Crippen LogP contribution < -0.4 is 5.32 Å². The number of hydrogen-bond acceptors (Lipinski definition) is 3. The van der Waals surface area contributed by atoms with E-state index in [9.17, 15) is 10.1 Å². The lowest BCUT2D eigenvalue weighted by Gasteiger charge is -2.29. The molecular weight excluding hydrogens is 276 g/mol. The molecule has 0 saturated heterocycles. The van der Waals surface area contributed by atoms with E-state index in [2.05, 4.69) is 5.32 Å². The molecule has 1 heterocycles. The van der Waals surface area contributed by atoms with Crippen LogP contribution in [0.15, 0.2) is 48.5 Å². The highest BCUT2D eigenvalue weighted by Crippen LogP contribution is 2.34. The maximum atomic E-state index is 11.4. The molecule has 4 nitrogen and oxygen atoms in total. The zero-order valence-corrected chi connectivity index (χ0v) is 11.4. The lowest BCUT2D eigenvalue weighted by atomic mass is 9.89. The predicted molar refractivity (Wildman–Crippen MR) is 78.7 cm³/mol. The fourth-order valence-corrected chi connectivity index (χ4v) is 2.74. The average Bonchev–Trinajstić information content (AvgIpc) is 2.46. The molecule has 3 rings (SSSR count). The summed E-state index contributed by atoms with van der Waals surface area (Å²) in [4.78, 5) is 11.1. The van der Waals surface area contributed by atoms with E-state index in [1.165, 1.54) is 0 Å². The second-order valence-electron chi connectivity index (χ2n) is 4.89. The minimum atomic E-state index is -0.675. The first-order valence-electron chi connectivity index (χ1n) is 6.38. The number of benzene rings is 2. The monoisotopic (exact) mass is 288 g/mol. The number of halogens is 1. The molecule has 0 aromatic heterocycles. The van der Waals surface area contributed by atoms with Crippen LogP contribution in [-0.2, 0) is 6.42 Å². The molecule has 0 spiro atoms. The molecule has 2 aromatic carbocycles. The van der Waals surface area contributed by atoms with Gasteiger partial charge in [0, 0.05) is 22.1 Å². The first-order chi connectivity index (χ1) is 9.65. The Labute approximate surface area is 121 Å². The van der Waals surface area contributed by atoms with Gasteiger partial charge in [-0.15, -0.1) is 0 Å². The topological polar surface area (TPSA) is 55.2 Å². The molecule has 2 atom stereocenters. The minimum Gasteiger partial charge on any atom is -0.372 e. The van der Waals surface area contributed by atoms with Gasteiger partial charge in [-0.25, -0.2) is 0 Å². The first-order valence-corrected chi connectivity index (χ1v) is 6.76. The number of anilines is 1. The van der Waals surface area contributed by atoms with Crippen molar-refractivity contribution < 1.29 is 4.92 Å². The normalized spacial score (nSPS) is 20.9. The van der Waals surface area contributed by atoms with Gasteiger partial charge in [-0.05, 0) is 29.3 Å². The van der Waals surface area contributed by atoms with Gasteiger partial charge < -0.3 is 5.32 Å². The van der Waals surface area contributed by atoms with Crippen LogP contribution in [0, 0.1) is 10.1 Å². The Balaban J connectivity index is 2.00. The van der Waals surface area contributed by atoms with Gasteiger partial charge >= 0.3 is 0 Å². The van der Waals surface area contributed by atoms with Crippen molar-refractivity contribution in [1.29, 1.82) is 0 Å². The van der Waals surface area contributed by atoms with Crippen LogP contribution in [0.5, 0.6) is 0 Å². The van der Waals surface area contributed by atoms with Crippen molar-refractivity contribution >= 4 is 17.3 Å². The summed E-state index contributed by atoms with van der Waals surface area (Å²) >= 11 is 5.88. The standard InChI is InChI=1S/C15H13ClN2O2/c16-12-7-5-10(6-8-12)15-14(18(19)20)9-11-3-1-2-4-13(11)17-15/h1-8,14-15,17H,9H2/t14-,15-/m0/s1. The molecule has 0 fully saturated rings. The lowest BCUT2D eigenvalue weighted by molar-refractivity contribution is -0.525. The summed E-state index contributed by atoms with van der Waals surface area (Å²) in [7, 11) is 0. The van der Waals surface area contributed by atoms with Gasteiger partial charge in [0.1, 0.15) is 6.04 Å². The quantitative estimate of drug-likeness (QED) is 0.677. The number of fused-ring (bicyclic) bond motifs is 1. The Kier molecular flexibility index (Phi) is 3.32. The maximum absolute atomic E-state index is 11.4. The van der Waals surface area contributed by atoms with Crippen molar-refractivity contribution in [2.24, 2.45) is 0 Å². The Hall–Kier alpha value is -2.07. The van der Waals surface area contributed by atoms with Gasteiger partial charge in [-0.1, -0.05) is 41.9 Å². The van der Waals surface area contributed by atoms with E-state index in [1.54, 1.807) is 12.1 Å². The van der Waals surface area contributed by atoms with Gasteiger partial charge in [0.25, 0.3) is 0 Å². The summed E-state index contributed by atoms with van der Waals surface area (Å²) in [5.74, 6) is 0. The highest BCUT2D eigenvalue weighted by Gasteiger charge is 2.37. The molecule has 0 unspecified atom stereocenters. The molecule has 1 aliphatic rings. The second-order valence-corrected chi connectivity index (χ2v) is 5.32. The van der Waals surface area contributed by atoms with Gasteiger partial charge in [0.15, 0.2) is 0 Å². The molecule has 0 amide bonds. The van der Waals surface area contributed by atoms with E-state index in [4.69, 9.17) is 11.6 Å². The zero-order chi connectivity index (χ0) is 14.1. The van der Waals surface area contributed by atoms with Gasteiger partial charge in [0.2, 0.25) is 6.04 Å². The summed E-state index contributed by atoms with van der Waals surface area (Å²) in [6.45, 7) is 0. The molecule has 0 bridgehead atoms. The maximum Gasteiger partial charge on any atom is 0.241 e. The molecule has 0 saturated carbocycles. The molecule has 0 aliphatic carbocycles. The van der Waals surface area contributed by atoms with Gasteiger partial charge in [-0.3, -0.25) is 10.1 Å².